The van der Waals surface area contributed by atoms with E-state index in [1.807, 2.05) is 0 Å². The molecule has 1 saturated carbocycles. The highest BCUT2D eigenvalue weighted by molar-refractivity contribution is 9.09. The molecule has 5 heteroatoms. The van der Waals surface area contributed by atoms with E-state index in [0.717, 1.165) is 25.7 Å². The van der Waals surface area contributed by atoms with E-state index in [2.05, 4.69) is 59.6 Å². The van der Waals surface area contributed by atoms with Crippen LogP contribution in [0.5, 0.6) is 0 Å². The normalized spacial score (nSPS) is 52.8. The lowest BCUT2D eigenvalue weighted by Gasteiger charge is -2.54. The molecule has 0 aromatic rings. The Balaban J connectivity index is 2.18. The van der Waals surface area contributed by atoms with Crippen LogP contribution in [0.3, 0.4) is 0 Å². The molecule has 118 valence electrons. The molecule has 0 spiro atoms. The highest BCUT2D eigenvalue weighted by Crippen LogP contribution is 2.50. The molecule has 2 rings (SSSR count). The average Bonchev–Trinajstić information content (AvgIpc) is 2.30. The van der Waals surface area contributed by atoms with Gasteiger partial charge in [0.05, 0.1) is 22.2 Å². The van der Waals surface area contributed by atoms with Crippen LogP contribution in [0.1, 0.15) is 53.4 Å². The van der Waals surface area contributed by atoms with Gasteiger partial charge in [-0.25, -0.2) is 0 Å². The van der Waals surface area contributed by atoms with Crippen LogP contribution in [-0.2, 0) is 4.74 Å². The van der Waals surface area contributed by atoms with Gasteiger partial charge >= 0.3 is 0 Å². The van der Waals surface area contributed by atoms with Gasteiger partial charge in [0.2, 0.25) is 0 Å². The summed E-state index contributed by atoms with van der Waals surface area (Å²) in [6.45, 7) is 8.34. The molecule has 0 amide bonds. The molecule has 6 atom stereocenters. The third kappa shape index (κ3) is 3.10. The summed E-state index contributed by atoms with van der Waals surface area (Å²) in [6, 6.07) is 0. The van der Waals surface area contributed by atoms with Gasteiger partial charge in [0.15, 0.2) is 0 Å². The van der Waals surface area contributed by atoms with Crippen molar-refractivity contribution in [3.8, 4) is 0 Å². The lowest BCUT2D eigenvalue weighted by molar-refractivity contribution is -0.238. The molecule has 1 heterocycles. The number of ether oxygens (including phenoxy) is 1. The lowest BCUT2D eigenvalue weighted by Crippen LogP contribution is -2.62. The minimum Gasteiger partial charge on any atom is -0.390 e. The molecule has 0 aromatic carbocycles. The largest absolute Gasteiger partial charge is 0.390 e. The minimum atomic E-state index is -0.493. The van der Waals surface area contributed by atoms with Crippen molar-refractivity contribution in [3.63, 3.8) is 0 Å². The van der Waals surface area contributed by atoms with Crippen molar-refractivity contribution in [2.75, 3.05) is 0 Å². The first-order valence-electron chi connectivity index (χ1n) is 7.34. The first kappa shape index (κ1) is 17.5. The van der Waals surface area contributed by atoms with Gasteiger partial charge in [-0.3, -0.25) is 0 Å². The summed E-state index contributed by atoms with van der Waals surface area (Å²) in [6.07, 6.45) is 3.17. The fourth-order valence-electron chi connectivity index (χ4n) is 3.52. The first-order chi connectivity index (χ1) is 8.99. The van der Waals surface area contributed by atoms with E-state index >= 15 is 0 Å². The monoisotopic (exact) mass is 430 g/mol. The number of aliphatic hydroxyl groups excluding tert-OH is 1. The number of alkyl halides is 3. The summed E-state index contributed by atoms with van der Waals surface area (Å²) in [4.78, 5) is 0.243. The molecule has 0 radical (unpaired) electrons. The zero-order valence-electron chi connectivity index (χ0n) is 12.6. The summed E-state index contributed by atoms with van der Waals surface area (Å²) in [5.41, 5.74) is -0.759. The molecule has 0 bridgehead atoms. The van der Waals surface area contributed by atoms with E-state index in [1.165, 1.54) is 0 Å². The van der Waals surface area contributed by atoms with E-state index in [1.54, 1.807) is 0 Å². The number of halogens is 3. The standard InChI is InChI=1S/C15H25Br2ClO2/c1-13(2)10(16)8-12(19)15(4,20-13)9-5-6-14(3,18)11(17)7-9/h9-12,19H,5-8H2,1-4H3/t9?,10-,11+,12-,14+,15-/m1/s1. The Labute approximate surface area is 144 Å². The van der Waals surface area contributed by atoms with E-state index in [-0.39, 0.29) is 20.1 Å². The molecule has 0 aromatic heterocycles. The van der Waals surface area contributed by atoms with Crippen LogP contribution in [0.2, 0.25) is 0 Å². The number of hydrogen-bond donors (Lipinski definition) is 1. The lowest BCUT2D eigenvalue weighted by atomic mass is 9.69. The van der Waals surface area contributed by atoms with E-state index in [0.29, 0.717) is 5.92 Å². The van der Waals surface area contributed by atoms with Crippen LogP contribution < -0.4 is 0 Å². The fraction of sp³-hybridized carbons (Fsp3) is 1.00. The van der Waals surface area contributed by atoms with Gasteiger partial charge in [0.25, 0.3) is 0 Å². The maximum Gasteiger partial charge on any atom is 0.0948 e. The van der Waals surface area contributed by atoms with Gasteiger partial charge in [-0.15, -0.1) is 11.6 Å². The molecule has 20 heavy (non-hydrogen) atoms. The highest BCUT2D eigenvalue weighted by Gasteiger charge is 2.54. The van der Waals surface area contributed by atoms with Gasteiger partial charge in [0.1, 0.15) is 0 Å². The van der Waals surface area contributed by atoms with Crippen LogP contribution in [0.25, 0.3) is 0 Å². The van der Waals surface area contributed by atoms with Gasteiger partial charge in [-0.05, 0) is 59.3 Å². The number of rotatable bonds is 1. The number of aliphatic hydroxyl groups is 1. The van der Waals surface area contributed by atoms with Crippen LogP contribution in [0, 0.1) is 5.92 Å². The number of hydrogen-bond acceptors (Lipinski definition) is 2. The predicted molar refractivity (Wildman–Crippen MR) is 91.2 cm³/mol. The third-order valence-corrected chi connectivity index (χ3v) is 8.84. The van der Waals surface area contributed by atoms with Crippen LogP contribution in [0.15, 0.2) is 0 Å². The Hall–Kier alpha value is 1.17. The molecular weight excluding hydrogens is 407 g/mol. The Kier molecular flexibility index (Phi) is 4.96. The Morgan fingerprint density at radius 1 is 1.10 bits per heavy atom. The van der Waals surface area contributed by atoms with Crippen molar-refractivity contribution < 1.29 is 9.84 Å². The van der Waals surface area contributed by atoms with E-state index < -0.39 is 11.7 Å². The zero-order valence-corrected chi connectivity index (χ0v) is 16.6. The van der Waals surface area contributed by atoms with Gasteiger partial charge in [-0.1, -0.05) is 31.9 Å². The van der Waals surface area contributed by atoms with Crippen molar-refractivity contribution in [2.45, 2.75) is 85.2 Å². The maximum absolute atomic E-state index is 10.6. The predicted octanol–water partition coefficient (Wildman–Crippen LogP) is 4.63. The summed E-state index contributed by atoms with van der Waals surface area (Å²) in [5.74, 6) is 0.327. The topological polar surface area (TPSA) is 29.5 Å². The van der Waals surface area contributed by atoms with Gasteiger partial charge < -0.3 is 9.84 Å². The zero-order chi connectivity index (χ0) is 15.3. The SMILES string of the molecule is CC1(C)O[C@](C)(C2CC[C@](C)(Cl)[C@@H](Br)C2)[C@H](O)C[C@H]1Br. The smallest absolute Gasteiger partial charge is 0.0948 e. The first-order valence-corrected chi connectivity index (χ1v) is 9.55. The van der Waals surface area contributed by atoms with Gasteiger partial charge in [-0.2, -0.15) is 0 Å². The fourth-order valence-corrected chi connectivity index (χ4v) is 4.84. The molecule has 2 aliphatic rings. The maximum atomic E-state index is 10.6. The average molecular weight is 433 g/mol. The van der Waals surface area contributed by atoms with Crippen LogP contribution in [-0.4, -0.2) is 36.9 Å². The second-order valence-corrected chi connectivity index (χ2v) is 10.4. The van der Waals surface area contributed by atoms with Crippen LogP contribution >= 0.6 is 43.5 Å². The van der Waals surface area contributed by atoms with Crippen molar-refractivity contribution in [1.82, 2.24) is 0 Å². The summed E-state index contributed by atoms with van der Waals surface area (Å²) in [7, 11) is 0. The second-order valence-electron chi connectivity index (χ2n) is 7.33. The van der Waals surface area contributed by atoms with E-state index in [4.69, 9.17) is 16.3 Å². The van der Waals surface area contributed by atoms with Crippen LogP contribution in [0.4, 0.5) is 0 Å². The molecular formula is C15H25Br2ClO2. The third-order valence-electron chi connectivity index (χ3n) is 5.27. The van der Waals surface area contributed by atoms with E-state index in [9.17, 15) is 5.11 Å². The molecule has 1 unspecified atom stereocenters. The molecule has 1 aliphatic carbocycles. The quantitative estimate of drug-likeness (QED) is 0.612. The molecule has 1 saturated heterocycles. The van der Waals surface area contributed by atoms with Crippen molar-refractivity contribution in [2.24, 2.45) is 5.92 Å². The highest BCUT2D eigenvalue weighted by atomic mass is 79.9. The minimum absolute atomic E-state index is 0.180. The van der Waals surface area contributed by atoms with Crippen molar-refractivity contribution >= 4 is 43.5 Å². The van der Waals surface area contributed by atoms with Crippen molar-refractivity contribution in [1.29, 1.82) is 0 Å². The van der Waals surface area contributed by atoms with Gasteiger partial charge in [0, 0.05) is 9.65 Å². The molecule has 1 N–H and O–H groups in total. The Morgan fingerprint density at radius 3 is 2.25 bits per heavy atom. The summed E-state index contributed by atoms with van der Waals surface area (Å²) < 4.78 is 6.38. The summed E-state index contributed by atoms with van der Waals surface area (Å²) in [5, 5.41) is 10.6. The van der Waals surface area contributed by atoms with Crippen molar-refractivity contribution in [3.05, 3.63) is 0 Å². The Morgan fingerprint density at radius 2 is 1.70 bits per heavy atom. The second kappa shape index (κ2) is 5.67. The summed E-state index contributed by atoms with van der Waals surface area (Å²) >= 11 is 13.9. The molecule has 2 nitrogen and oxygen atoms in total. The molecule has 2 fully saturated rings. The Bertz CT molecular complexity index is 375. The molecule has 1 aliphatic heterocycles.